The summed E-state index contributed by atoms with van der Waals surface area (Å²) in [4.78, 5) is 17.1. The first kappa shape index (κ1) is 14.1. The van der Waals surface area contributed by atoms with E-state index in [9.17, 15) is 4.79 Å². The first-order chi connectivity index (χ1) is 9.26. The van der Waals surface area contributed by atoms with E-state index in [1.165, 1.54) is 11.3 Å². The Morgan fingerprint density at radius 3 is 2.68 bits per heavy atom. The number of esters is 1. The highest BCUT2D eigenvalue weighted by atomic mass is 32.2. The van der Waals surface area contributed by atoms with E-state index < -0.39 is 0 Å². The standard InChI is InChI=1S/C14H15NO2S2/c1-3-17-13(16)12-11(10-8-6-5-7-9-10)15-14(19-12)18-4-2/h5-9H,3-4H2,1-2H3. The number of hydrogen-bond acceptors (Lipinski definition) is 5. The summed E-state index contributed by atoms with van der Waals surface area (Å²) >= 11 is 3.04. The van der Waals surface area contributed by atoms with Crippen molar-refractivity contribution in [1.29, 1.82) is 0 Å². The fraction of sp³-hybridized carbons (Fsp3) is 0.286. The van der Waals surface area contributed by atoms with E-state index in [4.69, 9.17) is 4.74 Å². The molecule has 0 unspecified atom stereocenters. The van der Waals surface area contributed by atoms with Crippen molar-refractivity contribution < 1.29 is 9.53 Å². The zero-order valence-corrected chi connectivity index (χ0v) is 12.5. The van der Waals surface area contributed by atoms with Gasteiger partial charge in [-0.15, -0.1) is 0 Å². The second-order valence-electron chi connectivity index (χ2n) is 3.68. The normalized spacial score (nSPS) is 10.4. The van der Waals surface area contributed by atoms with Gasteiger partial charge < -0.3 is 4.74 Å². The van der Waals surface area contributed by atoms with Crippen LogP contribution >= 0.6 is 23.1 Å². The number of carbonyl (C=O) groups excluding carboxylic acids is 1. The molecule has 0 radical (unpaired) electrons. The number of aromatic nitrogens is 1. The van der Waals surface area contributed by atoms with Crippen LogP contribution in [0.15, 0.2) is 34.7 Å². The number of benzene rings is 1. The van der Waals surface area contributed by atoms with Crippen molar-refractivity contribution in [3.8, 4) is 11.3 Å². The van der Waals surface area contributed by atoms with Gasteiger partial charge in [0, 0.05) is 5.56 Å². The largest absolute Gasteiger partial charge is 0.462 e. The summed E-state index contributed by atoms with van der Waals surface area (Å²) in [6.07, 6.45) is 0. The Labute approximate surface area is 121 Å². The highest BCUT2D eigenvalue weighted by Crippen LogP contribution is 2.33. The quantitative estimate of drug-likeness (QED) is 0.614. The molecule has 2 rings (SSSR count). The van der Waals surface area contributed by atoms with Crippen LogP contribution in [0.25, 0.3) is 11.3 Å². The van der Waals surface area contributed by atoms with E-state index in [1.807, 2.05) is 37.3 Å². The Balaban J connectivity index is 2.42. The van der Waals surface area contributed by atoms with Gasteiger partial charge in [-0.25, -0.2) is 9.78 Å². The van der Waals surface area contributed by atoms with Crippen LogP contribution in [0.5, 0.6) is 0 Å². The van der Waals surface area contributed by atoms with Crippen LogP contribution in [0.1, 0.15) is 23.5 Å². The molecule has 0 saturated carbocycles. The van der Waals surface area contributed by atoms with E-state index in [1.54, 1.807) is 11.8 Å². The smallest absolute Gasteiger partial charge is 0.350 e. The van der Waals surface area contributed by atoms with Crippen LogP contribution in [0.2, 0.25) is 0 Å². The monoisotopic (exact) mass is 293 g/mol. The van der Waals surface area contributed by atoms with E-state index in [2.05, 4.69) is 11.9 Å². The molecule has 0 amide bonds. The molecule has 0 atom stereocenters. The Hall–Kier alpha value is -1.33. The Morgan fingerprint density at radius 2 is 2.05 bits per heavy atom. The average molecular weight is 293 g/mol. The predicted octanol–water partition coefficient (Wildman–Crippen LogP) is 4.10. The molecular formula is C14H15NO2S2. The van der Waals surface area contributed by atoms with Crippen molar-refractivity contribution >= 4 is 29.1 Å². The molecule has 5 heteroatoms. The lowest BCUT2D eigenvalue weighted by atomic mass is 10.1. The maximum Gasteiger partial charge on any atom is 0.350 e. The van der Waals surface area contributed by atoms with E-state index >= 15 is 0 Å². The minimum Gasteiger partial charge on any atom is -0.462 e. The Bertz CT molecular complexity index is 552. The van der Waals surface area contributed by atoms with Gasteiger partial charge in [-0.3, -0.25) is 0 Å². The molecule has 0 spiro atoms. The van der Waals surface area contributed by atoms with Gasteiger partial charge >= 0.3 is 5.97 Å². The van der Waals surface area contributed by atoms with Gasteiger partial charge in [0.05, 0.1) is 12.3 Å². The molecule has 2 aromatic rings. The SMILES string of the molecule is CCOC(=O)c1sc(SCC)nc1-c1ccccc1. The lowest BCUT2D eigenvalue weighted by Gasteiger charge is -2.01. The highest BCUT2D eigenvalue weighted by Gasteiger charge is 2.20. The summed E-state index contributed by atoms with van der Waals surface area (Å²) in [5.74, 6) is 0.645. The lowest BCUT2D eigenvalue weighted by Crippen LogP contribution is -2.03. The van der Waals surface area contributed by atoms with Crippen LogP contribution in [-0.4, -0.2) is 23.3 Å². The molecule has 1 aromatic carbocycles. The Morgan fingerprint density at radius 1 is 1.32 bits per heavy atom. The van der Waals surface area contributed by atoms with E-state index in [-0.39, 0.29) is 5.97 Å². The summed E-state index contributed by atoms with van der Waals surface area (Å²) in [7, 11) is 0. The van der Waals surface area contributed by atoms with Crippen molar-refractivity contribution in [1.82, 2.24) is 4.98 Å². The van der Waals surface area contributed by atoms with E-state index in [0.29, 0.717) is 11.5 Å². The second-order valence-corrected chi connectivity index (χ2v) is 6.19. The third-order valence-electron chi connectivity index (χ3n) is 2.38. The van der Waals surface area contributed by atoms with E-state index in [0.717, 1.165) is 21.3 Å². The number of carbonyl (C=O) groups is 1. The van der Waals surface area contributed by atoms with Crippen LogP contribution in [0.3, 0.4) is 0 Å². The Kier molecular flexibility index (Phi) is 4.99. The van der Waals surface area contributed by atoms with Crippen molar-refractivity contribution in [2.75, 3.05) is 12.4 Å². The van der Waals surface area contributed by atoms with Crippen molar-refractivity contribution in [2.45, 2.75) is 18.2 Å². The summed E-state index contributed by atoms with van der Waals surface area (Å²) in [5.41, 5.74) is 1.67. The molecule has 3 nitrogen and oxygen atoms in total. The summed E-state index contributed by atoms with van der Waals surface area (Å²) in [6, 6.07) is 9.74. The van der Waals surface area contributed by atoms with Crippen LogP contribution in [-0.2, 0) is 4.74 Å². The van der Waals surface area contributed by atoms with Crippen LogP contribution in [0, 0.1) is 0 Å². The molecule has 0 aliphatic carbocycles. The number of ether oxygens (including phenoxy) is 1. The maximum atomic E-state index is 12.0. The first-order valence-corrected chi connectivity index (χ1v) is 7.92. The first-order valence-electron chi connectivity index (χ1n) is 6.12. The number of thioether (sulfide) groups is 1. The lowest BCUT2D eigenvalue weighted by molar-refractivity contribution is 0.0532. The molecule has 0 saturated heterocycles. The molecule has 0 N–H and O–H groups in total. The summed E-state index contributed by atoms with van der Waals surface area (Å²) < 4.78 is 6.01. The molecule has 0 fully saturated rings. The third-order valence-corrected chi connectivity index (χ3v) is 4.44. The van der Waals surface area contributed by atoms with Gasteiger partial charge in [0.2, 0.25) is 0 Å². The topological polar surface area (TPSA) is 39.2 Å². The maximum absolute atomic E-state index is 12.0. The average Bonchev–Trinajstić information content (AvgIpc) is 2.85. The summed E-state index contributed by atoms with van der Waals surface area (Å²) in [5, 5.41) is 0. The molecule has 100 valence electrons. The van der Waals surface area contributed by atoms with Gasteiger partial charge in [-0.05, 0) is 12.7 Å². The number of hydrogen-bond donors (Lipinski definition) is 0. The van der Waals surface area contributed by atoms with Gasteiger partial charge in [-0.1, -0.05) is 60.4 Å². The van der Waals surface area contributed by atoms with Gasteiger partial charge in [0.25, 0.3) is 0 Å². The zero-order valence-electron chi connectivity index (χ0n) is 10.9. The predicted molar refractivity (Wildman–Crippen MR) is 79.9 cm³/mol. The van der Waals surface area contributed by atoms with Gasteiger partial charge in [0.15, 0.2) is 4.34 Å². The van der Waals surface area contributed by atoms with Crippen LogP contribution < -0.4 is 0 Å². The van der Waals surface area contributed by atoms with Gasteiger partial charge in [-0.2, -0.15) is 0 Å². The number of rotatable bonds is 5. The zero-order chi connectivity index (χ0) is 13.7. The third kappa shape index (κ3) is 3.36. The summed E-state index contributed by atoms with van der Waals surface area (Å²) in [6.45, 7) is 4.25. The number of thiazole rings is 1. The van der Waals surface area contributed by atoms with Crippen molar-refractivity contribution in [3.05, 3.63) is 35.2 Å². The van der Waals surface area contributed by atoms with Crippen molar-refractivity contribution in [3.63, 3.8) is 0 Å². The molecular weight excluding hydrogens is 278 g/mol. The minimum absolute atomic E-state index is 0.290. The molecule has 0 aliphatic heterocycles. The van der Waals surface area contributed by atoms with Crippen LogP contribution in [0.4, 0.5) is 0 Å². The molecule has 0 aliphatic rings. The molecule has 0 bridgehead atoms. The van der Waals surface area contributed by atoms with Gasteiger partial charge in [0.1, 0.15) is 4.88 Å². The molecule has 1 heterocycles. The highest BCUT2D eigenvalue weighted by molar-refractivity contribution is 8.01. The van der Waals surface area contributed by atoms with Crippen molar-refractivity contribution in [2.24, 2.45) is 0 Å². The number of nitrogens with zero attached hydrogens (tertiary/aromatic N) is 1. The fourth-order valence-corrected chi connectivity index (χ4v) is 3.57. The molecule has 19 heavy (non-hydrogen) atoms. The second kappa shape index (κ2) is 6.73. The fourth-order valence-electron chi connectivity index (χ4n) is 1.61. The molecule has 1 aromatic heterocycles. The minimum atomic E-state index is -0.290.